The second kappa shape index (κ2) is 5.98. The Morgan fingerprint density at radius 1 is 1.46 bits per heavy atom. The standard InChI is InChI=1S/C17H22N2O5/c1-17(2,3)24-16(22)18-12-9-23-13-6-4-5-10-7-11(8-20)19(14(10)13)15(12)21/h4-6,11-12,20H,7-9H2,1-3H3,(H,18,22)/t11-,12+/m1/s1. The fourth-order valence-electron chi connectivity index (χ4n) is 3.05. The first kappa shape index (κ1) is 16.6. The quantitative estimate of drug-likeness (QED) is 0.849. The number of ether oxygens (including phenoxy) is 2. The molecule has 0 bridgehead atoms. The third-order valence-corrected chi connectivity index (χ3v) is 3.99. The second-order valence-electron chi connectivity index (χ2n) is 7.02. The Morgan fingerprint density at radius 2 is 2.21 bits per heavy atom. The molecule has 2 aliphatic rings. The molecule has 2 atom stereocenters. The molecule has 0 fully saturated rings. The normalized spacial score (nSPS) is 22.5. The van der Waals surface area contributed by atoms with Crippen LogP contribution in [-0.2, 0) is 16.0 Å². The Balaban J connectivity index is 1.85. The zero-order valence-electron chi connectivity index (χ0n) is 14.0. The van der Waals surface area contributed by atoms with E-state index in [1.54, 1.807) is 31.7 Å². The van der Waals surface area contributed by atoms with Gasteiger partial charge in [-0.1, -0.05) is 12.1 Å². The van der Waals surface area contributed by atoms with Crippen LogP contribution < -0.4 is 15.0 Å². The summed E-state index contributed by atoms with van der Waals surface area (Å²) in [7, 11) is 0. The lowest BCUT2D eigenvalue weighted by atomic mass is 10.1. The highest BCUT2D eigenvalue weighted by molar-refractivity contribution is 6.03. The van der Waals surface area contributed by atoms with Crippen molar-refractivity contribution in [1.82, 2.24) is 5.32 Å². The van der Waals surface area contributed by atoms with Gasteiger partial charge in [-0.15, -0.1) is 0 Å². The smallest absolute Gasteiger partial charge is 0.408 e. The Labute approximate surface area is 140 Å². The number of nitrogens with zero attached hydrogens (tertiary/aromatic N) is 1. The summed E-state index contributed by atoms with van der Waals surface area (Å²) in [6, 6.07) is 4.35. The van der Waals surface area contributed by atoms with Crippen LogP contribution in [0.4, 0.5) is 10.5 Å². The number of hydrogen-bond donors (Lipinski definition) is 2. The lowest BCUT2D eigenvalue weighted by Crippen LogP contribution is -2.53. The molecule has 2 aliphatic heterocycles. The van der Waals surface area contributed by atoms with Gasteiger partial charge in [-0.2, -0.15) is 0 Å². The summed E-state index contributed by atoms with van der Waals surface area (Å²) in [5.41, 5.74) is 0.990. The predicted octanol–water partition coefficient (Wildman–Crippen LogP) is 1.22. The summed E-state index contributed by atoms with van der Waals surface area (Å²) >= 11 is 0. The van der Waals surface area contributed by atoms with Gasteiger partial charge in [-0.05, 0) is 38.8 Å². The van der Waals surface area contributed by atoms with Crippen LogP contribution in [0.5, 0.6) is 5.75 Å². The predicted molar refractivity (Wildman–Crippen MR) is 87.2 cm³/mol. The fraction of sp³-hybridized carbons (Fsp3) is 0.529. The Morgan fingerprint density at radius 3 is 2.88 bits per heavy atom. The zero-order valence-corrected chi connectivity index (χ0v) is 14.0. The molecule has 0 aromatic heterocycles. The molecule has 7 nitrogen and oxygen atoms in total. The first-order valence-corrected chi connectivity index (χ1v) is 7.98. The van der Waals surface area contributed by atoms with Crippen molar-refractivity contribution in [3.63, 3.8) is 0 Å². The SMILES string of the molecule is CC(C)(C)OC(=O)N[C@H]1COc2cccc3c2N(C1=O)[C@@H](CO)C3. The average Bonchev–Trinajstić information content (AvgIpc) is 2.81. The molecule has 0 saturated heterocycles. The molecule has 0 saturated carbocycles. The van der Waals surface area contributed by atoms with Gasteiger partial charge in [0.15, 0.2) is 0 Å². The number of carbonyl (C=O) groups excluding carboxylic acids is 2. The number of alkyl carbamates (subject to hydrolysis) is 1. The number of nitrogens with one attached hydrogen (secondary N) is 1. The monoisotopic (exact) mass is 334 g/mol. The number of benzene rings is 1. The lowest BCUT2D eigenvalue weighted by molar-refractivity contribution is -0.121. The number of aliphatic hydroxyl groups excluding tert-OH is 1. The summed E-state index contributed by atoms with van der Waals surface area (Å²) in [6.07, 6.45) is -0.108. The maximum absolute atomic E-state index is 12.9. The largest absolute Gasteiger partial charge is 0.489 e. The van der Waals surface area contributed by atoms with Crippen molar-refractivity contribution < 1.29 is 24.2 Å². The first-order valence-electron chi connectivity index (χ1n) is 7.98. The topological polar surface area (TPSA) is 88.1 Å². The highest BCUT2D eigenvalue weighted by Crippen LogP contribution is 2.41. The molecule has 0 radical (unpaired) electrons. The molecule has 0 unspecified atom stereocenters. The highest BCUT2D eigenvalue weighted by atomic mass is 16.6. The van der Waals surface area contributed by atoms with E-state index < -0.39 is 17.7 Å². The molecule has 24 heavy (non-hydrogen) atoms. The van der Waals surface area contributed by atoms with E-state index in [1.165, 1.54) is 0 Å². The Hall–Kier alpha value is -2.28. The molecule has 2 N–H and O–H groups in total. The van der Waals surface area contributed by atoms with Crippen LogP contribution in [0.15, 0.2) is 18.2 Å². The summed E-state index contributed by atoms with van der Waals surface area (Å²) in [6.45, 7) is 5.12. The molecule has 1 aromatic carbocycles. The summed E-state index contributed by atoms with van der Waals surface area (Å²) in [5.74, 6) is 0.286. The van der Waals surface area contributed by atoms with E-state index in [2.05, 4.69) is 5.32 Å². The van der Waals surface area contributed by atoms with Crippen molar-refractivity contribution in [1.29, 1.82) is 0 Å². The molecule has 130 valence electrons. The molecule has 2 amide bonds. The molecule has 2 heterocycles. The molecule has 0 aliphatic carbocycles. The van der Waals surface area contributed by atoms with Crippen LogP contribution in [-0.4, -0.2) is 48.0 Å². The maximum Gasteiger partial charge on any atom is 0.408 e. The number of para-hydroxylation sites is 1. The number of aliphatic hydroxyl groups is 1. The van der Waals surface area contributed by atoms with Gasteiger partial charge in [0.05, 0.1) is 18.3 Å². The van der Waals surface area contributed by atoms with Gasteiger partial charge >= 0.3 is 6.09 Å². The number of carbonyl (C=O) groups is 2. The highest BCUT2D eigenvalue weighted by Gasteiger charge is 2.42. The molecule has 0 spiro atoms. The molecular weight excluding hydrogens is 312 g/mol. The molecule has 3 rings (SSSR count). The first-order chi connectivity index (χ1) is 11.3. The number of hydrogen-bond acceptors (Lipinski definition) is 5. The summed E-state index contributed by atoms with van der Waals surface area (Å²) in [5, 5.41) is 12.2. The van der Waals surface area contributed by atoms with E-state index in [9.17, 15) is 14.7 Å². The minimum absolute atomic E-state index is 0.0170. The van der Waals surface area contributed by atoms with Crippen LogP contribution in [0.1, 0.15) is 26.3 Å². The second-order valence-corrected chi connectivity index (χ2v) is 7.02. The van der Waals surface area contributed by atoms with Gasteiger partial charge in [0, 0.05) is 0 Å². The van der Waals surface area contributed by atoms with Crippen LogP contribution in [0.25, 0.3) is 0 Å². The van der Waals surface area contributed by atoms with Crippen molar-refractivity contribution in [3.8, 4) is 5.75 Å². The minimum Gasteiger partial charge on any atom is -0.489 e. The van der Waals surface area contributed by atoms with Crippen LogP contribution in [0.3, 0.4) is 0 Å². The van der Waals surface area contributed by atoms with Gasteiger partial charge in [0.25, 0.3) is 5.91 Å². The van der Waals surface area contributed by atoms with E-state index in [-0.39, 0.29) is 25.2 Å². The third kappa shape index (κ3) is 3.03. The number of rotatable bonds is 2. The molecule has 1 aromatic rings. The van der Waals surface area contributed by atoms with Crippen molar-refractivity contribution in [2.75, 3.05) is 18.1 Å². The van der Waals surface area contributed by atoms with Crippen molar-refractivity contribution in [3.05, 3.63) is 23.8 Å². The summed E-state index contributed by atoms with van der Waals surface area (Å²) < 4.78 is 10.9. The lowest BCUT2D eigenvalue weighted by Gasteiger charge is -2.27. The Bertz CT molecular complexity index is 667. The van der Waals surface area contributed by atoms with Gasteiger partial charge in [0.1, 0.15) is 24.0 Å². The van der Waals surface area contributed by atoms with E-state index in [1.807, 2.05) is 12.1 Å². The zero-order chi connectivity index (χ0) is 17.5. The van der Waals surface area contributed by atoms with Crippen LogP contribution >= 0.6 is 0 Å². The van der Waals surface area contributed by atoms with Crippen molar-refractivity contribution in [2.24, 2.45) is 0 Å². The number of anilines is 1. The van der Waals surface area contributed by atoms with Crippen molar-refractivity contribution >= 4 is 17.7 Å². The maximum atomic E-state index is 12.9. The van der Waals surface area contributed by atoms with E-state index in [4.69, 9.17) is 9.47 Å². The van der Waals surface area contributed by atoms with Gasteiger partial charge in [-0.3, -0.25) is 4.79 Å². The van der Waals surface area contributed by atoms with Crippen LogP contribution in [0.2, 0.25) is 0 Å². The van der Waals surface area contributed by atoms with Gasteiger partial charge in [0.2, 0.25) is 0 Å². The minimum atomic E-state index is -0.868. The van der Waals surface area contributed by atoms with E-state index in [0.29, 0.717) is 17.9 Å². The summed E-state index contributed by atoms with van der Waals surface area (Å²) in [4.78, 5) is 26.5. The molecule has 7 heteroatoms. The van der Waals surface area contributed by atoms with Crippen molar-refractivity contribution in [2.45, 2.75) is 44.9 Å². The number of amides is 2. The van der Waals surface area contributed by atoms with Crippen LogP contribution in [0, 0.1) is 0 Å². The van der Waals surface area contributed by atoms with E-state index in [0.717, 1.165) is 5.56 Å². The molecular formula is C17H22N2O5. The third-order valence-electron chi connectivity index (χ3n) is 3.99. The van der Waals surface area contributed by atoms with Gasteiger partial charge in [-0.25, -0.2) is 4.79 Å². The van der Waals surface area contributed by atoms with E-state index >= 15 is 0 Å². The fourth-order valence-corrected chi connectivity index (χ4v) is 3.05. The average molecular weight is 334 g/mol. The van der Waals surface area contributed by atoms with Gasteiger partial charge < -0.3 is 24.8 Å². The Kier molecular flexibility index (Phi) is 4.13.